The summed E-state index contributed by atoms with van der Waals surface area (Å²) in [6, 6.07) is 3.92. The lowest BCUT2D eigenvalue weighted by Gasteiger charge is -2.03. The molecule has 5 heteroatoms. The number of rotatable bonds is 4. The van der Waals surface area contributed by atoms with E-state index in [1.165, 1.54) is 0 Å². The van der Waals surface area contributed by atoms with Crippen LogP contribution in [0, 0.1) is 6.92 Å². The largest absolute Gasteiger partial charge is 0.465 e. The Morgan fingerprint density at radius 3 is 2.81 bits per heavy atom. The number of hydrogen-bond acceptors (Lipinski definition) is 3. The maximum Gasteiger partial charge on any atom is 0.128 e. The zero-order valence-corrected chi connectivity index (χ0v) is 10.1. The van der Waals surface area contributed by atoms with Crippen molar-refractivity contribution in [1.82, 2.24) is 14.9 Å². The van der Waals surface area contributed by atoms with E-state index in [1.54, 1.807) is 6.20 Å². The minimum atomic E-state index is 0.644. The molecule has 0 radical (unpaired) electrons. The molecule has 4 nitrogen and oxygen atoms in total. The van der Waals surface area contributed by atoms with Gasteiger partial charge in [-0.3, -0.25) is 0 Å². The second-order valence-corrected chi connectivity index (χ2v) is 4.06. The van der Waals surface area contributed by atoms with Crippen LogP contribution in [0.25, 0.3) is 0 Å². The molecule has 2 heterocycles. The van der Waals surface area contributed by atoms with E-state index in [0.717, 1.165) is 17.3 Å². The highest BCUT2D eigenvalue weighted by Crippen LogP contribution is 2.09. The number of halogens is 1. The molecule has 0 spiro atoms. The van der Waals surface area contributed by atoms with E-state index >= 15 is 0 Å². The van der Waals surface area contributed by atoms with E-state index in [9.17, 15) is 0 Å². The van der Waals surface area contributed by atoms with Gasteiger partial charge in [-0.15, -0.1) is 0 Å². The van der Waals surface area contributed by atoms with Crippen LogP contribution in [0.2, 0.25) is 5.15 Å². The molecule has 16 heavy (non-hydrogen) atoms. The fraction of sp³-hybridized carbons (Fsp3) is 0.364. The minimum Gasteiger partial charge on any atom is -0.465 e. The van der Waals surface area contributed by atoms with Crippen LogP contribution in [-0.4, -0.2) is 9.55 Å². The summed E-state index contributed by atoms with van der Waals surface area (Å²) in [7, 11) is 1.89. The highest BCUT2D eigenvalue weighted by atomic mass is 35.5. The van der Waals surface area contributed by atoms with E-state index in [4.69, 9.17) is 16.0 Å². The Morgan fingerprint density at radius 2 is 2.25 bits per heavy atom. The average Bonchev–Trinajstić information content (AvgIpc) is 2.79. The van der Waals surface area contributed by atoms with E-state index < -0.39 is 0 Å². The highest BCUT2D eigenvalue weighted by molar-refractivity contribution is 6.29. The van der Waals surface area contributed by atoms with Gasteiger partial charge in [-0.1, -0.05) is 11.6 Å². The van der Waals surface area contributed by atoms with Crippen molar-refractivity contribution < 1.29 is 4.42 Å². The summed E-state index contributed by atoms with van der Waals surface area (Å²) < 4.78 is 7.29. The van der Waals surface area contributed by atoms with Gasteiger partial charge in [0.05, 0.1) is 19.3 Å². The van der Waals surface area contributed by atoms with Crippen molar-refractivity contribution in [3.8, 4) is 0 Å². The third-order valence-electron chi connectivity index (χ3n) is 2.41. The first-order valence-electron chi connectivity index (χ1n) is 5.09. The Labute approximate surface area is 99.2 Å². The SMILES string of the molecule is Cc1ccc(CNCc2ncc(Cl)n2C)o1. The molecule has 0 aliphatic heterocycles. The van der Waals surface area contributed by atoms with Crippen molar-refractivity contribution in [2.45, 2.75) is 20.0 Å². The molecule has 86 valence electrons. The lowest BCUT2D eigenvalue weighted by atomic mass is 10.4. The molecular formula is C11H14ClN3O. The minimum absolute atomic E-state index is 0.644. The summed E-state index contributed by atoms with van der Waals surface area (Å²) in [5, 5.41) is 3.89. The van der Waals surface area contributed by atoms with E-state index in [2.05, 4.69) is 10.3 Å². The molecule has 0 bridgehead atoms. The normalized spacial score (nSPS) is 10.9. The Bertz CT molecular complexity index is 475. The molecular weight excluding hydrogens is 226 g/mol. The maximum atomic E-state index is 5.88. The standard InChI is InChI=1S/C11H14ClN3O/c1-8-3-4-9(16-8)5-13-7-11-14-6-10(12)15(11)2/h3-4,6,13H,5,7H2,1-2H3. The van der Waals surface area contributed by atoms with Gasteiger partial charge in [0.2, 0.25) is 0 Å². The molecule has 2 rings (SSSR count). The monoisotopic (exact) mass is 239 g/mol. The molecule has 0 amide bonds. The van der Waals surface area contributed by atoms with E-state index in [0.29, 0.717) is 18.2 Å². The number of hydrogen-bond donors (Lipinski definition) is 1. The van der Waals surface area contributed by atoms with Gasteiger partial charge in [0, 0.05) is 7.05 Å². The molecule has 2 aromatic rings. The molecule has 0 unspecified atom stereocenters. The van der Waals surface area contributed by atoms with Gasteiger partial charge < -0.3 is 14.3 Å². The fourth-order valence-corrected chi connectivity index (χ4v) is 1.61. The van der Waals surface area contributed by atoms with Crippen LogP contribution in [-0.2, 0) is 20.1 Å². The summed E-state index contributed by atoms with van der Waals surface area (Å²) in [6.07, 6.45) is 1.65. The third kappa shape index (κ3) is 2.46. The first-order chi connectivity index (χ1) is 7.66. The number of furan rings is 1. The number of nitrogens with one attached hydrogen (secondary N) is 1. The van der Waals surface area contributed by atoms with Gasteiger partial charge >= 0.3 is 0 Å². The highest BCUT2D eigenvalue weighted by Gasteiger charge is 2.04. The van der Waals surface area contributed by atoms with Crippen molar-refractivity contribution in [3.63, 3.8) is 0 Å². The smallest absolute Gasteiger partial charge is 0.128 e. The van der Waals surface area contributed by atoms with Crippen LogP contribution >= 0.6 is 11.6 Å². The lowest BCUT2D eigenvalue weighted by Crippen LogP contribution is -2.15. The van der Waals surface area contributed by atoms with Crippen molar-refractivity contribution in [1.29, 1.82) is 0 Å². The molecule has 1 N–H and O–H groups in total. The van der Waals surface area contributed by atoms with Crippen molar-refractivity contribution in [3.05, 3.63) is 40.8 Å². The van der Waals surface area contributed by atoms with Crippen molar-refractivity contribution in [2.75, 3.05) is 0 Å². The van der Waals surface area contributed by atoms with E-state index in [1.807, 2.05) is 30.7 Å². The predicted molar refractivity (Wildman–Crippen MR) is 62.2 cm³/mol. The zero-order chi connectivity index (χ0) is 11.5. The molecule has 0 aliphatic rings. The van der Waals surface area contributed by atoms with Crippen molar-refractivity contribution >= 4 is 11.6 Å². The van der Waals surface area contributed by atoms with E-state index in [-0.39, 0.29) is 0 Å². The first-order valence-corrected chi connectivity index (χ1v) is 5.47. The van der Waals surface area contributed by atoms with Gasteiger partial charge in [-0.05, 0) is 19.1 Å². The lowest BCUT2D eigenvalue weighted by molar-refractivity contribution is 0.458. The van der Waals surface area contributed by atoms with Crippen LogP contribution in [0.1, 0.15) is 17.3 Å². The number of aromatic nitrogens is 2. The average molecular weight is 240 g/mol. The van der Waals surface area contributed by atoms with Crippen LogP contribution in [0.15, 0.2) is 22.7 Å². The van der Waals surface area contributed by atoms with Gasteiger partial charge in [0.25, 0.3) is 0 Å². The number of imidazole rings is 1. The molecule has 0 saturated carbocycles. The Kier molecular flexibility index (Phi) is 3.31. The summed E-state index contributed by atoms with van der Waals surface area (Å²) in [4.78, 5) is 4.19. The Hall–Kier alpha value is -1.26. The molecule has 0 saturated heterocycles. The molecule has 0 atom stereocenters. The molecule has 0 fully saturated rings. The first kappa shape index (κ1) is 11.2. The van der Waals surface area contributed by atoms with Crippen LogP contribution in [0.5, 0.6) is 0 Å². The molecule has 2 aromatic heterocycles. The summed E-state index contributed by atoms with van der Waals surface area (Å²) in [6.45, 7) is 3.29. The predicted octanol–water partition coefficient (Wildman–Crippen LogP) is 2.26. The van der Waals surface area contributed by atoms with Crippen LogP contribution in [0.4, 0.5) is 0 Å². The Morgan fingerprint density at radius 1 is 1.44 bits per heavy atom. The second kappa shape index (κ2) is 4.72. The summed E-state index contributed by atoms with van der Waals surface area (Å²) in [5.74, 6) is 2.77. The van der Waals surface area contributed by atoms with Gasteiger partial charge in [0.1, 0.15) is 22.5 Å². The number of nitrogens with zero attached hydrogens (tertiary/aromatic N) is 2. The fourth-order valence-electron chi connectivity index (χ4n) is 1.47. The third-order valence-corrected chi connectivity index (χ3v) is 2.76. The summed E-state index contributed by atoms with van der Waals surface area (Å²) in [5.41, 5.74) is 0. The maximum absolute atomic E-state index is 5.88. The topological polar surface area (TPSA) is 43.0 Å². The Balaban J connectivity index is 1.86. The van der Waals surface area contributed by atoms with Crippen LogP contribution < -0.4 is 5.32 Å². The molecule has 0 aliphatic carbocycles. The second-order valence-electron chi connectivity index (χ2n) is 3.67. The number of aryl methyl sites for hydroxylation is 1. The zero-order valence-electron chi connectivity index (χ0n) is 9.33. The molecule has 0 aromatic carbocycles. The van der Waals surface area contributed by atoms with Gasteiger partial charge in [-0.25, -0.2) is 4.98 Å². The van der Waals surface area contributed by atoms with Crippen molar-refractivity contribution in [2.24, 2.45) is 7.05 Å². The van der Waals surface area contributed by atoms with Gasteiger partial charge in [-0.2, -0.15) is 0 Å². The van der Waals surface area contributed by atoms with Crippen LogP contribution in [0.3, 0.4) is 0 Å². The quantitative estimate of drug-likeness (QED) is 0.890. The van der Waals surface area contributed by atoms with Gasteiger partial charge in [0.15, 0.2) is 0 Å². The summed E-state index contributed by atoms with van der Waals surface area (Å²) >= 11 is 5.88.